The molecule has 0 saturated carbocycles. The quantitative estimate of drug-likeness (QED) is 0.420. The normalized spacial score (nSPS) is 10.4. The second kappa shape index (κ2) is 10.3. The van der Waals surface area contributed by atoms with Crippen molar-refractivity contribution < 1.29 is 23.9 Å². The van der Waals surface area contributed by atoms with Crippen LogP contribution in [0.5, 0.6) is 0 Å². The standard InChI is InChI=1S/C20H20N4O5S/c1-28-10-9-21-20(27)22-17(25)13-29-19(26)15-12-24(14-6-3-2-4-7-14)23-18(15)16-8-5-11-30-16/h2-8,11-12H,9-10,13H2,1H3,(H2,21,22,25,27). The minimum atomic E-state index is -0.744. The topological polar surface area (TPSA) is 112 Å². The van der Waals surface area contributed by atoms with Gasteiger partial charge in [-0.1, -0.05) is 24.3 Å². The van der Waals surface area contributed by atoms with E-state index in [9.17, 15) is 14.4 Å². The van der Waals surface area contributed by atoms with E-state index in [1.807, 2.05) is 47.8 Å². The molecular weight excluding hydrogens is 408 g/mol. The highest BCUT2D eigenvalue weighted by atomic mass is 32.1. The van der Waals surface area contributed by atoms with Crippen molar-refractivity contribution in [1.29, 1.82) is 0 Å². The number of rotatable bonds is 8. The van der Waals surface area contributed by atoms with Gasteiger partial charge in [-0.3, -0.25) is 10.1 Å². The molecule has 3 aromatic rings. The van der Waals surface area contributed by atoms with Gasteiger partial charge in [-0.25, -0.2) is 14.3 Å². The van der Waals surface area contributed by atoms with E-state index in [0.29, 0.717) is 12.3 Å². The van der Waals surface area contributed by atoms with Gasteiger partial charge in [0.1, 0.15) is 11.3 Å². The van der Waals surface area contributed by atoms with E-state index in [2.05, 4.69) is 15.7 Å². The fourth-order valence-corrected chi connectivity index (χ4v) is 3.24. The van der Waals surface area contributed by atoms with Crippen LogP contribution >= 0.6 is 11.3 Å². The molecule has 30 heavy (non-hydrogen) atoms. The Bertz CT molecular complexity index is 1000. The molecular formula is C20H20N4O5S. The van der Waals surface area contributed by atoms with Crippen molar-refractivity contribution in [1.82, 2.24) is 20.4 Å². The van der Waals surface area contributed by atoms with Crippen molar-refractivity contribution in [3.05, 3.63) is 59.6 Å². The van der Waals surface area contributed by atoms with Crippen LogP contribution in [0.25, 0.3) is 16.3 Å². The van der Waals surface area contributed by atoms with Crippen LogP contribution < -0.4 is 10.6 Å². The first-order valence-corrected chi connectivity index (χ1v) is 9.89. The molecule has 0 aliphatic rings. The minimum Gasteiger partial charge on any atom is -0.452 e. The van der Waals surface area contributed by atoms with E-state index in [0.717, 1.165) is 10.6 Å². The molecule has 3 amide bonds. The SMILES string of the molecule is COCCNC(=O)NC(=O)COC(=O)c1cn(-c2ccccc2)nc1-c1cccs1. The molecule has 0 fully saturated rings. The molecule has 0 spiro atoms. The van der Waals surface area contributed by atoms with Gasteiger partial charge in [-0.15, -0.1) is 11.3 Å². The number of benzene rings is 1. The zero-order valence-electron chi connectivity index (χ0n) is 16.2. The van der Waals surface area contributed by atoms with Crippen molar-refractivity contribution in [2.75, 3.05) is 26.9 Å². The first kappa shape index (κ1) is 21.2. The highest BCUT2D eigenvalue weighted by molar-refractivity contribution is 7.13. The van der Waals surface area contributed by atoms with Crippen LogP contribution in [0.3, 0.4) is 0 Å². The number of methoxy groups -OCH3 is 1. The fraction of sp³-hybridized carbons (Fsp3) is 0.200. The molecule has 0 radical (unpaired) electrons. The molecule has 0 saturated heterocycles. The largest absolute Gasteiger partial charge is 0.452 e. The van der Waals surface area contributed by atoms with Gasteiger partial charge in [0.2, 0.25) is 0 Å². The lowest BCUT2D eigenvalue weighted by Gasteiger charge is -2.07. The first-order valence-electron chi connectivity index (χ1n) is 9.01. The van der Waals surface area contributed by atoms with E-state index in [4.69, 9.17) is 9.47 Å². The monoisotopic (exact) mass is 428 g/mol. The van der Waals surface area contributed by atoms with Crippen molar-refractivity contribution in [2.24, 2.45) is 0 Å². The van der Waals surface area contributed by atoms with E-state index >= 15 is 0 Å². The molecule has 3 rings (SSSR count). The third kappa shape index (κ3) is 5.52. The Labute approximate surface area is 176 Å². The van der Waals surface area contributed by atoms with Gasteiger partial charge in [0.05, 0.1) is 17.2 Å². The molecule has 2 aromatic heterocycles. The highest BCUT2D eigenvalue weighted by Crippen LogP contribution is 2.28. The number of imide groups is 1. The van der Waals surface area contributed by atoms with Crippen molar-refractivity contribution in [3.8, 4) is 16.3 Å². The molecule has 156 valence electrons. The maximum absolute atomic E-state index is 12.6. The van der Waals surface area contributed by atoms with Gasteiger partial charge >= 0.3 is 12.0 Å². The maximum Gasteiger partial charge on any atom is 0.342 e. The number of esters is 1. The lowest BCUT2D eigenvalue weighted by atomic mass is 10.2. The molecule has 0 aliphatic carbocycles. The Morgan fingerprint density at radius 2 is 1.93 bits per heavy atom. The average molecular weight is 428 g/mol. The van der Waals surface area contributed by atoms with Crippen LogP contribution in [0.1, 0.15) is 10.4 Å². The summed E-state index contributed by atoms with van der Waals surface area (Å²) in [5.41, 5.74) is 1.45. The van der Waals surface area contributed by atoms with E-state index in [1.165, 1.54) is 18.4 Å². The number of hydrogen-bond donors (Lipinski definition) is 2. The smallest absolute Gasteiger partial charge is 0.342 e. The molecule has 2 heterocycles. The summed E-state index contributed by atoms with van der Waals surface area (Å²) < 4.78 is 11.5. The van der Waals surface area contributed by atoms with Crippen molar-refractivity contribution >= 4 is 29.2 Å². The summed E-state index contributed by atoms with van der Waals surface area (Å²) in [6.45, 7) is -0.0390. The third-order valence-corrected chi connectivity index (χ3v) is 4.77. The summed E-state index contributed by atoms with van der Waals surface area (Å²) >= 11 is 1.43. The predicted molar refractivity (Wildman–Crippen MR) is 111 cm³/mol. The first-order chi connectivity index (χ1) is 14.6. The number of urea groups is 1. The molecule has 0 unspecified atom stereocenters. The number of para-hydroxylation sites is 1. The molecule has 0 bridgehead atoms. The molecule has 0 atom stereocenters. The van der Waals surface area contributed by atoms with Crippen molar-refractivity contribution in [3.63, 3.8) is 0 Å². The zero-order valence-corrected chi connectivity index (χ0v) is 17.0. The van der Waals surface area contributed by atoms with Crippen LogP contribution in [0.4, 0.5) is 4.79 Å². The zero-order chi connectivity index (χ0) is 21.3. The Morgan fingerprint density at radius 1 is 1.13 bits per heavy atom. The number of hydrogen-bond acceptors (Lipinski definition) is 7. The van der Waals surface area contributed by atoms with Crippen LogP contribution in [0.2, 0.25) is 0 Å². The lowest BCUT2D eigenvalue weighted by Crippen LogP contribution is -2.42. The van der Waals surface area contributed by atoms with E-state index < -0.39 is 24.5 Å². The number of ether oxygens (including phenoxy) is 2. The average Bonchev–Trinajstić information content (AvgIpc) is 3.42. The fourth-order valence-electron chi connectivity index (χ4n) is 2.51. The Morgan fingerprint density at radius 3 is 2.63 bits per heavy atom. The summed E-state index contributed by atoms with van der Waals surface area (Å²) in [5, 5.41) is 10.9. The second-order valence-corrected chi connectivity index (χ2v) is 6.97. The number of nitrogens with one attached hydrogen (secondary N) is 2. The van der Waals surface area contributed by atoms with Crippen LogP contribution in [-0.2, 0) is 14.3 Å². The molecule has 2 N–H and O–H groups in total. The summed E-state index contributed by atoms with van der Waals surface area (Å²) in [6.07, 6.45) is 1.56. The predicted octanol–water partition coefficient (Wildman–Crippen LogP) is 2.23. The Balaban J connectivity index is 1.68. The summed E-state index contributed by atoms with van der Waals surface area (Å²) in [6, 6.07) is 12.3. The van der Waals surface area contributed by atoms with Gasteiger partial charge in [-0.2, -0.15) is 5.10 Å². The number of carbonyl (C=O) groups is 3. The van der Waals surface area contributed by atoms with Crippen LogP contribution in [0.15, 0.2) is 54.0 Å². The lowest BCUT2D eigenvalue weighted by molar-refractivity contribution is -0.123. The molecule has 10 heteroatoms. The van der Waals surface area contributed by atoms with Crippen molar-refractivity contribution in [2.45, 2.75) is 0 Å². The van der Waals surface area contributed by atoms with Gasteiger partial charge in [0.25, 0.3) is 5.91 Å². The van der Waals surface area contributed by atoms with Crippen LogP contribution in [0, 0.1) is 0 Å². The number of aromatic nitrogens is 2. The maximum atomic E-state index is 12.6. The Hall–Kier alpha value is -3.50. The summed E-state index contributed by atoms with van der Waals surface area (Å²) in [7, 11) is 1.49. The molecule has 0 aliphatic heterocycles. The highest BCUT2D eigenvalue weighted by Gasteiger charge is 2.21. The van der Waals surface area contributed by atoms with Gasteiger partial charge < -0.3 is 14.8 Å². The summed E-state index contributed by atoms with van der Waals surface area (Å²) in [4.78, 5) is 36.9. The minimum absolute atomic E-state index is 0.221. The van der Waals surface area contributed by atoms with Gasteiger partial charge in [-0.05, 0) is 23.6 Å². The van der Waals surface area contributed by atoms with E-state index in [-0.39, 0.29) is 12.1 Å². The number of carbonyl (C=O) groups excluding carboxylic acids is 3. The summed E-state index contributed by atoms with van der Waals surface area (Å²) in [5.74, 6) is -1.46. The number of amides is 3. The Kier molecular flexibility index (Phi) is 7.30. The third-order valence-electron chi connectivity index (χ3n) is 3.89. The van der Waals surface area contributed by atoms with Gasteiger partial charge in [0, 0.05) is 19.9 Å². The number of nitrogens with zero attached hydrogens (tertiary/aromatic N) is 2. The molecule has 1 aromatic carbocycles. The number of thiophene rings is 1. The van der Waals surface area contributed by atoms with Gasteiger partial charge in [0.15, 0.2) is 6.61 Å². The second-order valence-electron chi connectivity index (χ2n) is 6.02. The molecule has 9 nitrogen and oxygen atoms in total. The van der Waals surface area contributed by atoms with E-state index in [1.54, 1.807) is 10.9 Å². The van der Waals surface area contributed by atoms with Crippen LogP contribution in [-0.4, -0.2) is 54.6 Å².